The second-order valence-electron chi connectivity index (χ2n) is 4.22. The molecule has 14 heavy (non-hydrogen) atoms. The van der Waals surface area contributed by atoms with Gasteiger partial charge in [-0.15, -0.1) is 0 Å². The third-order valence-corrected chi connectivity index (χ3v) is 2.57. The molecule has 0 atom stereocenters. The van der Waals surface area contributed by atoms with Crippen molar-refractivity contribution >= 4 is 0 Å². The van der Waals surface area contributed by atoms with Crippen molar-refractivity contribution in [2.75, 3.05) is 13.7 Å². The first-order chi connectivity index (χ1) is 6.51. The summed E-state index contributed by atoms with van der Waals surface area (Å²) in [7, 11) is 1.65. The fourth-order valence-corrected chi connectivity index (χ4v) is 1.54. The number of aliphatic hydroxyl groups is 1. The Morgan fingerprint density at radius 1 is 1.36 bits per heavy atom. The molecule has 1 N–H and O–H groups in total. The Hall–Kier alpha value is -1.02. The van der Waals surface area contributed by atoms with E-state index in [4.69, 9.17) is 4.74 Å². The minimum absolute atomic E-state index is 0.140. The lowest BCUT2D eigenvalue weighted by Crippen LogP contribution is -2.23. The topological polar surface area (TPSA) is 29.5 Å². The minimum Gasteiger partial charge on any atom is -0.497 e. The molecule has 0 bridgehead atoms. The highest BCUT2D eigenvalue weighted by Crippen LogP contribution is 2.28. The van der Waals surface area contributed by atoms with E-state index in [-0.39, 0.29) is 12.0 Å². The van der Waals surface area contributed by atoms with Crippen LogP contribution in [0.3, 0.4) is 0 Å². The van der Waals surface area contributed by atoms with Gasteiger partial charge in [-0.2, -0.15) is 0 Å². The van der Waals surface area contributed by atoms with Crippen molar-refractivity contribution in [1.82, 2.24) is 0 Å². The molecule has 2 nitrogen and oxygen atoms in total. The lowest BCUT2D eigenvalue weighted by molar-refractivity contribution is 0.217. The van der Waals surface area contributed by atoms with E-state index >= 15 is 0 Å². The molecule has 0 amide bonds. The lowest BCUT2D eigenvalue weighted by Gasteiger charge is -2.24. The normalized spacial score (nSPS) is 11.5. The zero-order valence-corrected chi connectivity index (χ0v) is 9.29. The quantitative estimate of drug-likeness (QED) is 0.799. The molecule has 0 heterocycles. The number of rotatable bonds is 3. The van der Waals surface area contributed by atoms with Gasteiger partial charge in [0.25, 0.3) is 0 Å². The van der Waals surface area contributed by atoms with E-state index in [0.29, 0.717) is 0 Å². The van der Waals surface area contributed by atoms with Gasteiger partial charge in [-0.1, -0.05) is 19.9 Å². The number of aliphatic hydroxyl groups excluding tert-OH is 1. The van der Waals surface area contributed by atoms with E-state index in [1.165, 1.54) is 5.56 Å². The van der Waals surface area contributed by atoms with Gasteiger partial charge in [0, 0.05) is 5.41 Å². The van der Waals surface area contributed by atoms with Crippen LogP contribution in [0.4, 0.5) is 0 Å². The largest absolute Gasteiger partial charge is 0.497 e. The summed E-state index contributed by atoms with van der Waals surface area (Å²) in [5, 5.41) is 9.29. The number of hydrogen-bond donors (Lipinski definition) is 1. The smallest absolute Gasteiger partial charge is 0.119 e. The van der Waals surface area contributed by atoms with Crippen LogP contribution in [0.2, 0.25) is 0 Å². The highest BCUT2D eigenvalue weighted by Gasteiger charge is 2.21. The summed E-state index contributed by atoms with van der Waals surface area (Å²) >= 11 is 0. The fourth-order valence-electron chi connectivity index (χ4n) is 1.54. The molecule has 0 aliphatic heterocycles. The molecule has 2 heteroatoms. The average Bonchev–Trinajstić information content (AvgIpc) is 2.18. The molecule has 0 fully saturated rings. The maximum absolute atomic E-state index is 9.29. The highest BCUT2D eigenvalue weighted by molar-refractivity contribution is 5.39. The Bertz CT molecular complexity index is 316. The van der Waals surface area contributed by atoms with Crippen LogP contribution >= 0.6 is 0 Å². The molecule has 1 aromatic rings. The Kier molecular flexibility index (Phi) is 3.17. The maximum atomic E-state index is 9.29. The van der Waals surface area contributed by atoms with Crippen molar-refractivity contribution < 1.29 is 9.84 Å². The lowest BCUT2D eigenvalue weighted by atomic mass is 9.83. The molecule has 0 saturated heterocycles. The molecule has 78 valence electrons. The van der Waals surface area contributed by atoms with E-state index in [0.717, 1.165) is 11.3 Å². The monoisotopic (exact) mass is 194 g/mol. The summed E-state index contributed by atoms with van der Waals surface area (Å²) in [5.41, 5.74) is 2.11. The minimum atomic E-state index is -0.210. The third kappa shape index (κ3) is 2.07. The third-order valence-electron chi connectivity index (χ3n) is 2.57. The molecule has 0 aliphatic rings. The number of aryl methyl sites for hydroxylation is 1. The van der Waals surface area contributed by atoms with Crippen LogP contribution in [0.15, 0.2) is 18.2 Å². The van der Waals surface area contributed by atoms with Crippen LogP contribution < -0.4 is 4.74 Å². The number of ether oxygens (including phenoxy) is 1. The first-order valence-electron chi connectivity index (χ1n) is 4.77. The second kappa shape index (κ2) is 4.01. The summed E-state index contributed by atoms with van der Waals surface area (Å²) < 4.78 is 5.17. The summed E-state index contributed by atoms with van der Waals surface area (Å²) in [5.74, 6) is 0.840. The van der Waals surface area contributed by atoms with Gasteiger partial charge in [0.15, 0.2) is 0 Å². The fraction of sp³-hybridized carbons (Fsp3) is 0.500. The van der Waals surface area contributed by atoms with Crippen molar-refractivity contribution in [2.24, 2.45) is 0 Å². The van der Waals surface area contributed by atoms with Gasteiger partial charge in [-0.3, -0.25) is 0 Å². The predicted molar refractivity (Wildman–Crippen MR) is 57.8 cm³/mol. The molecule has 0 unspecified atom stereocenters. The van der Waals surface area contributed by atoms with E-state index < -0.39 is 0 Å². The summed E-state index contributed by atoms with van der Waals surface area (Å²) in [6.07, 6.45) is 0. The standard InChI is InChI=1S/C12H18O2/c1-9-5-6-10(14-4)7-11(9)12(2,3)8-13/h5-7,13H,8H2,1-4H3. The Morgan fingerprint density at radius 2 is 2.00 bits per heavy atom. The van der Waals surface area contributed by atoms with Gasteiger partial charge in [0.05, 0.1) is 13.7 Å². The highest BCUT2D eigenvalue weighted by atomic mass is 16.5. The number of benzene rings is 1. The molecule has 1 rings (SSSR count). The molecule has 0 radical (unpaired) electrons. The van der Waals surface area contributed by atoms with Gasteiger partial charge in [0.1, 0.15) is 5.75 Å². The molecule has 1 aromatic carbocycles. The molecular formula is C12H18O2. The maximum Gasteiger partial charge on any atom is 0.119 e. The van der Waals surface area contributed by atoms with Crippen LogP contribution in [0.5, 0.6) is 5.75 Å². The van der Waals surface area contributed by atoms with Crippen molar-refractivity contribution in [2.45, 2.75) is 26.2 Å². The molecular weight excluding hydrogens is 176 g/mol. The first-order valence-corrected chi connectivity index (χ1v) is 4.77. The van der Waals surface area contributed by atoms with Crippen LogP contribution in [0.25, 0.3) is 0 Å². The van der Waals surface area contributed by atoms with E-state index in [1.807, 2.05) is 39.0 Å². The average molecular weight is 194 g/mol. The van der Waals surface area contributed by atoms with Crippen LogP contribution in [0, 0.1) is 6.92 Å². The van der Waals surface area contributed by atoms with Crippen LogP contribution in [0.1, 0.15) is 25.0 Å². The zero-order valence-electron chi connectivity index (χ0n) is 9.29. The Labute approximate surface area is 85.5 Å². The van der Waals surface area contributed by atoms with Gasteiger partial charge >= 0.3 is 0 Å². The van der Waals surface area contributed by atoms with Gasteiger partial charge in [-0.05, 0) is 30.2 Å². The Morgan fingerprint density at radius 3 is 2.50 bits per heavy atom. The summed E-state index contributed by atoms with van der Waals surface area (Å²) in [6.45, 7) is 6.23. The molecule has 0 saturated carbocycles. The summed E-state index contributed by atoms with van der Waals surface area (Å²) in [4.78, 5) is 0. The van der Waals surface area contributed by atoms with Crippen molar-refractivity contribution in [3.8, 4) is 5.75 Å². The second-order valence-corrected chi connectivity index (χ2v) is 4.22. The van der Waals surface area contributed by atoms with E-state index in [2.05, 4.69) is 0 Å². The zero-order chi connectivity index (χ0) is 10.8. The van der Waals surface area contributed by atoms with E-state index in [9.17, 15) is 5.11 Å². The Balaban J connectivity index is 3.18. The van der Waals surface area contributed by atoms with Gasteiger partial charge in [0.2, 0.25) is 0 Å². The number of methoxy groups -OCH3 is 1. The number of hydrogen-bond acceptors (Lipinski definition) is 2. The van der Waals surface area contributed by atoms with E-state index in [1.54, 1.807) is 7.11 Å². The predicted octanol–water partition coefficient (Wildman–Crippen LogP) is 2.27. The van der Waals surface area contributed by atoms with Crippen LogP contribution in [-0.2, 0) is 5.41 Å². The van der Waals surface area contributed by atoms with Crippen molar-refractivity contribution in [1.29, 1.82) is 0 Å². The van der Waals surface area contributed by atoms with Crippen molar-refractivity contribution in [3.05, 3.63) is 29.3 Å². The van der Waals surface area contributed by atoms with Crippen LogP contribution in [-0.4, -0.2) is 18.8 Å². The van der Waals surface area contributed by atoms with Gasteiger partial charge < -0.3 is 9.84 Å². The molecule has 0 aromatic heterocycles. The SMILES string of the molecule is COc1ccc(C)c(C(C)(C)CO)c1. The first kappa shape index (κ1) is 11.1. The van der Waals surface area contributed by atoms with Gasteiger partial charge in [-0.25, -0.2) is 0 Å². The van der Waals surface area contributed by atoms with Crippen molar-refractivity contribution in [3.63, 3.8) is 0 Å². The summed E-state index contributed by atoms with van der Waals surface area (Å²) in [6, 6.07) is 5.95. The molecule has 0 aliphatic carbocycles. The molecule has 0 spiro atoms.